The van der Waals surface area contributed by atoms with Crippen molar-refractivity contribution >= 4 is 17.2 Å². The number of rotatable bonds is 12. The van der Waals surface area contributed by atoms with Crippen LogP contribution in [0.4, 0.5) is 4.39 Å². The van der Waals surface area contributed by atoms with Crippen LogP contribution < -0.4 is 15.4 Å². The predicted molar refractivity (Wildman–Crippen MR) is 157 cm³/mol. The first-order chi connectivity index (χ1) is 19.6. The molecule has 3 N–H and O–H groups in total. The molecule has 1 saturated carbocycles. The van der Waals surface area contributed by atoms with Crippen molar-refractivity contribution in [1.82, 2.24) is 20.6 Å². The maximum atomic E-state index is 14.4. The highest BCUT2D eigenvalue weighted by molar-refractivity contribution is 7.13. The first-order valence-corrected chi connectivity index (χ1v) is 15.1. The smallest absolute Gasteiger partial charge is 0.246 e. The number of benzene rings is 1. The Labute approximate surface area is 244 Å². The molecule has 1 fully saturated rings. The number of thiazole rings is 1. The van der Waals surface area contributed by atoms with Crippen molar-refractivity contribution in [2.75, 3.05) is 20.3 Å². The van der Waals surface area contributed by atoms with Gasteiger partial charge < -0.3 is 25.2 Å². The number of aromatic nitrogens is 2. The van der Waals surface area contributed by atoms with Gasteiger partial charge in [0.2, 0.25) is 11.8 Å². The number of hydrogen-bond donors (Lipinski definition) is 3. The summed E-state index contributed by atoms with van der Waals surface area (Å²) in [4.78, 5) is 21.5. The second-order valence-corrected chi connectivity index (χ2v) is 12.7. The SMILES string of the molecule is COCC(=O)NC(Cc1cccc(-c2nccs2)c1)[C@H](O)CN[C@H]1CC2(CCC2)Oc2ncc(CC(C)(C)F)cc21. The van der Waals surface area contributed by atoms with E-state index in [1.54, 1.807) is 37.6 Å². The Morgan fingerprint density at radius 1 is 1.29 bits per heavy atom. The average molecular weight is 583 g/mol. The van der Waals surface area contributed by atoms with Crippen LogP contribution in [0.25, 0.3) is 10.6 Å². The van der Waals surface area contributed by atoms with Crippen LogP contribution in [0.5, 0.6) is 5.88 Å². The summed E-state index contributed by atoms with van der Waals surface area (Å²) in [5, 5.41) is 20.8. The van der Waals surface area contributed by atoms with Gasteiger partial charge in [-0.05, 0) is 62.8 Å². The summed E-state index contributed by atoms with van der Waals surface area (Å²) in [5.74, 6) is 0.285. The average Bonchev–Trinajstić information content (AvgIpc) is 3.45. The number of nitrogens with zero attached hydrogens (tertiary/aromatic N) is 2. The maximum absolute atomic E-state index is 14.4. The fourth-order valence-electron chi connectivity index (χ4n) is 5.74. The minimum atomic E-state index is -1.36. The van der Waals surface area contributed by atoms with E-state index >= 15 is 0 Å². The topological polar surface area (TPSA) is 106 Å². The Morgan fingerprint density at radius 2 is 2.12 bits per heavy atom. The number of ether oxygens (including phenoxy) is 2. The van der Waals surface area contributed by atoms with Crippen LogP contribution in [0.15, 0.2) is 48.1 Å². The van der Waals surface area contributed by atoms with Crippen LogP contribution in [-0.2, 0) is 22.4 Å². The van der Waals surface area contributed by atoms with Crippen LogP contribution in [0.1, 0.15) is 62.3 Å². The van der Waals surface area contributed by atoms with Crippen molar-refractivity contribution < 1.29 is 23.8 Å². The number of hydrogen-bond acceptors (Lipinski definition) is 8. The molecule has 3 heterocycles. The molecule has 0 radical (unpaired) electrons. The van der Waals surface area contributed by atoms with Crippen molar-refractivity contribution in [3.05, 3.63) is 64.8 Å². The number of methoxy groups -OCH3 is 1. The molecule has 0 bridgehead atoms. The van der Waals surface area contributed by atoms with Gasteiger partial charge in [0.25, 0.3) is 0 Å². The lowest BCUT2D eigenvalue weighted by Gasteiger charge is -2.47. The third-order valence-corrected chi connectivity index (χ3v) is 8.63. The van der Waals surface area contributed by atoms with Gasteiger partial charge in [0, 0.05) is 61.4 Å². The second-order valence-electron chi connectivity index (χ2n) is 11.9. The Kier molecular flexibility index (Phi) is 9.03. The largest absolute Gasteiger partial charge is 0.471 e. The van der Waals surface area contributed by atoms with Crippen LogP contribution in [0.3, 0.4) is 0 Å². The van der Waals surface area contributed by atoms with Gasteiger partial charge in [-0.25, -0.2) is 14.4 Å². The fourth-order valence-corrected chi connectivity index (χ4v) is 6.37. The van der Waals surface area contributed by atoms with Crippen molar-refractivity contribution in [2.24, 2.45) is 0 Å². The first kappa shape index (κ1) is 29.6. The zero-order valence-electron chi connectivity index (χ0n) is 23.9. The highest BCUT2D eigenvalue weighted by atomic mass is 32.1. The van der Waals surface area contributed by atoms with E-state index in [-0.39, 0.29) is 37.1 Å². The van der Waals surface area contributed by atoms with Crippen molar-refractivity contribution in [3.63, 3.8) is 0 Å². The summed E-state index contributed by atoms with van der Waals surface area (Å²) in [6.45, 7) is 3.26. The molecule has 0 saturated heterocycles. The summed E-state index contributed by atoms with van der Waals surface area (Å²) in [7, 11) is 1.47. The molecule has 1 amide bonds. The molecule has 220 valence electrons. The standard InChI is InChI=1S/C31H39FN4O4S/c1-30(2,32)15-21-13-23-25(16-31(8-5-9-31)40-28(23)35-17-21)34-18-26(37)24(36-27(38)19-39-3)14-20-6-4-7-22(12-20)29-33-10-11-41-29/h4,6-7,10-13,17,24-26,34,37H,5,8-9,14-16,18-19H2,1-3H3,(H,36,38)/t24?,25-,26+/m0/s1. The summed E-state index contributed by atoms with van der Waals surface area (Å²) in [5.41, 5.74) is 2.05. The van der Waals surface area contributed by atoms with Gasteiger partial charge >= 0.3 is 0 Å². The van der Waals surface area contributed by atoms with Crippen LogP contribution in [-0.4, -0.2) is 64.7 Å². The Morgan fingerprint density at radius 3 is 2.80 bits per heavy atom. The second kappa shape index (κ2) is 12.5. The molecule has 1 spiro atoms. The Balaban J connectivity index is 1.33. The van der Waals surface area contributed by atoms with E-state index in [0.29, 0.717) is 12.3 Å². The molecule has 1 aliphatic carbocycles. The number of carbonyl (C=O) groups is 1. The van der Waals surface area contributed by atoms with Crippen LogP contribution in [0.2, 0.25) is 0 Å². The lowest BCUT2D eigenvalue weighted by atomic mass is 9.73. The molecule has 10 heteroatoms. The van der Waals surface area contributed by atoms with Gasteiger partial charge in [0.05, 0.1) is 12.1 Å². The number of alkyl halides is 1. The van der Waals surface area contributed by atoms with Gasteiger partial charge in [-0.2, -0.15) is 0 Å². The summed E-state index contributed by atoms with van der Waals surface area (Å²) < 4.78 is 25.8. The predicted octanol–water partition coefficient (Wildman–Crippen LogP) is 4.57. The minimum Gasteiger partial charge on any atom is -0.471 e. The number of pyridine rings is 1. The highest BCUT2D eigenvalue weighted by Crippen LogP contribution is 2.48. The zero-order valence-corrected chi connectivity index (χ0v) is 24.7. The van der Waals surface area contributed by atoms with E-state index in [4.69, 9.17) is 9.47 Å². The molecule has 1 aromatic carbocycles. The highest BCUT2D eigenvalue weighted by Gasteiger charge is 2.46. The normalized spacial score (nSPS) is 19.1. The summed E-state index contributed by atoms with van der Waals surface area (Å²) in [6, 6.07) is 9.30. The molecule has 1 aliphatic heterocycles. The van der Waals surface area contributed by atoms with Crippen LogP contribution in [0, 0.1) is 0 Å². The third kappa shape index (κ3) is 7.48. The van der Waals surface area contributed by atoms with E-state index in [1.165, 1.54) is 7.11 Å². The van der Waals surface area contributed by atoms with E-state index in [0.717, 1.165) is 52.9 Å². The van der Waals surface area contributed by atoms with Gasteiger partial charge in [0.15, 0.2) is 0 Å². The van der Waals surface area contributed by atoms with E-state index in [1.807, 2.05) is 35.7 Å². The minimum absolute atomic E-state index is 0.0922. The Hall–Kier alpha value is -2.92. The van der Waals surface area contributed by atoms with Crippen molar-refractivity contribution in [3.8, 4) is 16.5 Å². The molecule has 2 aliphatic rings. The molecule has 3 aromatic rings. The number of aliphatic hydroxyl groups excluding tert-OH is 1. The fraction of sp³-hybridized carbons (Fsp3) is 0.516. The number of halogens is 1. The van der Waals surface area contributed by atoms with Gasteiger partial charge in [-0.3, -0.25) is 4.79 Å². The lowest BCUT2D eigenvalue weighted by Crippen LogP contribution is -2.52. The van der Waals surface area contributed by atoms with E-state index < -0.39 is 17.8 Å². The summed E-state index contributed by atoms with van der Waals surface area (Å²) >= 11 is 1.56. The van der Waals surface area contributed by atoms with Crippen LogP contribution >= 0.6 is 11.3 Å². The number of fused-ring (bicyclic) bond motifs is 1. The molecule has 2 aromatic heterocycles. The molecule has 1 unspecified atom stereocenters. The zero-order chi connectivity index (χ0) is 29.0. The Bertz CT molecular complexity index is 1330. The maximum Gasteiger partial charge on any atom is 0.246 e. The molecule has 3 atom stereocenters. The monoisotopic (exact) mass is 582 g/mol. The van der Waals surface area contributed by atoms with E-state index in [9.17, 15) is 14.3 Å². The summed E-state index contributed by atoms with van der Waals surface area (Å²) in [6.07, 6.45) is 7.03. The lowest BCUT2D eigenvalue weighted by molar-refractivity contribution is -0.126. The first-order valence-electron chi connectivity index (χ1n) is 14.2. The molecule has 5 rings (SSSR count). The molecule has 41 heavy (non-hydrogen) atoms. The number of carbonyl (C=O) groups excluding carboxylic acids is 1. The van der Waals surface area contributed by atoms with Gasteiger partial charge in [-0.15, -0.1) is 11.3 Å². The van der Waals surface area contributed by atoms with Crippen molar-refractivity contribution in [2.45, 2.75) is 81.8 Å². The number of aliphatic hydroxyl groups is 1. The van der Waals surface area contributed by atoms with Gasteiger partial charge in [0.1, 0.15) is 22.9 Å². The number of amides is 1. The van der Waals surface area contributed by atoms with E-state index in [2.05, 4.69) is 20.6 Å². The third-order valence-electron chi connectivity index (χ3n) is 7.81. The molecule has 8 nitrogen and oxygen atoms in total. The van der Waals surface area contributed by atoms with Gasteiger partial charge in [-0.1, -0.05) is 18.2 Å². The quantitative estimate of drug-likeness (QED) is 0.287. The number of nitrogens with one attached hydrogen (secondary N) is 2. The molecular weight excluding hydrogens is 543 g/mol. The van der Waals surface area contributed by atoms with Crippen molar-refractivity contribution in [1.29, 1.82) is 0 Å². The molecular formula is C31H39FN4O4S.